The molecule has 3 rings (SSSR count). The van der Waals surface area contributed by atoms with Crippen molar-refractivity contribution in [2.45, 2.75) is 12.8 Å². The zero-order chi connectivity index (χ0) is 22.4. The van der Waals surface area contributed by atoms with Crippen molar-refractivity contribution >= 4 is 35.4 Å². The molecular weight excluding hydrogens is 396 g/mol. The molecule has 31 heavy (non-hydrogen) atoms. The molecule has 2 aromatic rings. The van der Waals surface area contributed by atoms with Crippen molar-refractivity contribution in [3.8, 4) is 0 Å². The van der Waals surface area contributed by atoms with Crippen LogP contribution in [0.3, 0.4) is 0 Å². The minimum atomic E-state index is -0.728. The Morgan fingerprint density at radius 3 is 2.03 bits per heavy atom. The molecule has 8 nitrogen and oxygen atoms in total. The molecule has 8 heteroatoms. The quantitative estimate of drug-likeness (QED) is 0.614. The molecule has 0 bridgehead atoms. The number of amides is 4. The highest BCUT2D eigenvalue weighted by Gasteiger charge is 2.27. The molecule has 5 N–H and O–H groups in total. The van der Waals surface area contributed by atoms with Crippen molar-refractivity contribution in [2.24, 2.45) is 17.4 Å². The van der Waals surface area contributed by atoms with Crippen molar-refractivity contribution < 1.29 is 19.2 Å². The average molecular weight is 420 g/mol. The SMILES string of the molecule is NC(=O)c1cc(NC(=O)C2CCN(C(=O)C=Cc3ccccc3)CC2)cc(C(N)=O)c1. The number of anilines is 1. The maximum atomic E-state index is 12.7. The Hall–Kier alpha value is -3.94. The number of hydrogen-bond acceptors (Lipinski definition) is 4. The van der Waals surface area contributed by atoms with Gasteiger partial charge in [0.2, 0.25) is 23.6 Å². The third kappa shape index (κ3) is 5.79. The molecule has 0 atom stereocenters. The van der Waals surface area contributed by atoms with E-state index in [1.807, 2.05) is 30.3 Å². The summed E-state index contributed by atoms with van der Waals surface area (Å²) < 4.78 is 0. The van der Waals surface area contributed by atoms with E-state index in [0.29, 0.717) is 25.9 Å². The highest BCUT2D eigenvalue weighted by atomic mass is 16.2. The molecule has 160 valence electrons. The van der Waals surface area contributed by atoms with E-state index in [4.69, 9.17) is 11.5 Å². The minimum absolute atomic E-state index is 0.0808. The minimum Gasteiger partial charge on any atom is -0.366 e. The third-order valence-electron chi connectivity index (χ3n) is 5.16. The van der Waals surface area contributed by atoms with Crippen LogP contribution in [0.5, 0.6) is 0 Å². The number of nitrogens with zero attached hydrogens (tertiary/aromatic N) is 1. The Labute approximate surface area is 179 Å². The summed E-state index contributed by atoms with van der Waals surface area (Å²) >= 11 is 0. The molecule has 0 unspecified atom stereocenters. The summed E-state index contributed by atoms with van der Waals surface area (Å²) in [4.78, 5) is 49.7. The molecule has 1 aliphatic heterocycles. The summed E-state index contributed by atoms with van der Waals surface area (Å²) in [5.74, 6) is -2.09. The lowest BCUT2D eigenvalue weighted by Gasteiger charge is -2.30. The van der Waals surface area contributed by atoms with Gasteiger partial charge in [0, 0.05) is 41.9 Å². The van der Waals surface area contributed by atoms with Crippen LogP contribution in [-0.4, -0.2) is 41.6 Å². The van der Waals surface area contributed by atoms with Gasteiger partial charge in [-0.3, -0.25) is 19.2 Å². The summed E-state index contributed by atoms with van der Waals surface area (Å²) in [6, 6.07) is 13.6. The van der Waals surface area contributed by atoms with Crippen LogP contribution in [-0.2, 0) is 9.59 Å². The van der Waals surface area contributed by atoms with Gasteiger partial charge in [-0.25, -0.2) is 0 Å². The van der Waals surface area contributed by atoms with Crippen LogP contribution in [0, 0.1) is 5.92 Å². The zero-order valence-electron chi connectivity index (χ0n) is 16.9. The van der Waals surface area contributed by atoms with E-state index < -0.39 is 11.8 Å². The van der Waals surface area contributed by atoms with Crippen molar-refractivity contribution in [1.29, 1.82) is 0 Å². The average Bonchev–Trinajstić information content (AvgIpc) is 2.78. The van der Waals surface area contributed by atoms with Gasteiger partial charge in [-0.15, -0.1) is 0 Å². The van der Waals surface area contributed by atoms with E-state index in [1.165, 1.54) is 24.3 Å². The van der Waals surface area contributed by atoms with Crippen molar-refractivity contribution in [3.05, 3.63) is 71.3 Å². The number of nitrogens with two attached hydrogens (primary N) is 2. The highest BCUT2D eigenvalue weighted by molar-refractivity contribution is 6.02. The zero-order valence-corrected chi connectivity index (χ0v) is 16.9. The smallest absolute Gasteiger partial charge is 0.248 e. The first-order chi connectivity index (χ1) is 14.8. The predicted molar refractivity (Wildman–Crippen MR) is 117 cm³/mol. The summed E-state index contributed by atoms with van der Waals surface area (Å²) in [5.41, 5.74) is 11.9. The highest BCUT2D eigenvalue weighted by Crippen LogP contribution is 2.21. The second-order valence-electron chi connectivity index (χ2n) is 7.36. The molecular formula is C23H24N4O4. The van der Waals surface area contributed by atoms with Crippen LogP contribution in [0.1, 0.15) is 39.1 Å². The number of benzene rings is 2. The monoisotopic (exact) mass is 420 g/mol. The number of rotatable bonds is 6. The van der Waals surface area contributed by atoms with Crippen molar-refractivity contribution in [3.63, 3.8) is 0 Å². The Morgan fingerprint density at radius 2 is 1.48 bits per heavy atom. The van der Waals surface area contributed by atoms with E-state index in [-0.39, 0.29) is 34.5 Å². The topological polar surface area (TPSA) is 136 Å². The molecule has 0 saturated carbocycles. The van der Waals surface area contributed by atoms with Gasteiger partial charge in [0.05, 0.1) is 0 Å². The van der Waals surface area contributed by atoms with Gasteiger partial charge in [-0.05, 0) is 42.7 Å². The Bertz CT molecular complexity index is 993. The van der Waals surface area contributed by atoms with Crippen LogP contribution >= 0.6 is 0 Å². The molecule has 0 radical (unpaired) electrons. The molecule has 4 amide bonds. The van der Waals surface area contributed by atoms with Gasteiger partial charge in [-0.1, -0.05) is 30.3 Å². The van der Waals surface area contributed by atoms with Crippen molar-refractivity contribution in [1.82, 2.24) is 4.90 Å². The van der Waals surface area contributed by atoms with Crippen LogP contribution in [0.4, 0.5) is 5.69 Å². The van der Waals surface area contributed by atoms with Gasteiger partial charge in [-0.2, -0.15) is 0 Å². The third-order valence-corrected chi connectivity index (χ3v) is 5.16. The van der Waals surface area contributed by atoms with Gasteiger partial charge < -0.3 is 21.7 Å². The first kappa shape index (κ1) is 21.8. The first-order valence-electron chi connectivity index (χ1n) is 9.91. The molecule has 0 aliphatic carbocycles. The van der Waals surface area contributed by atoms with Crippen LogP contribution in [0.15, 0.2) is 54.6 Å². The fourth-order valence-corrected chi connectivity index (χ4v) is 3.43. The summed E-state index contributed by atoms with van der Waals surface area (Å²) in [6.45, 7) is 0.924. The lowest BCUT2D eigenvalue weighted by molar-refractivity contribution is -0.130. The maximum absolute atomic E-state index is 12.7. The van der Waals surface area contributed by atoms with E-state index in [2.05, 4.69) is 5.32 Å². The second kappa shape index (κ2) is 9.71. The fraction of sp³-hybridized carbons (Fsp3) is 0.217. The van der Waals surface area contributed by atoms with Gasteiger partial charge in [0.25, 0.3) is 0 Å². The lowest BCUT2D eigenvalue weighted by Crippen LogP contribution is -2.40. The fourth-order valence-electron chi connectivity index (χ4n) is 3.43. The first-order valence-corrected chi connectivity index (χ1v) is 9.91. The molecule has 1 aliphatic rings. The normalized spacial score (nSPS) is 14.4. The van der Waals surface area contributed by atoms with Gasteiger partial charge in [0.15, 0.2) is 0 Å². The van der Waals surface area contributed by atoms with E-state index in [0.717, 1.165) is 5.56 Å². The lowest BCUT2D eigenvalue weighted by atomic mass is 9.95. The largest absolute Gasteiger partial charge is 0.366 e. The van der Waals surface area contributed by atoms with Crippen LogP contribution in [0.25, 0.3) is 6.08 Å². The molecule has 2 aromatic carbocycles. The number of hydrogen-bond donors (Lipinski definition) is 3. The molecule has 1 fully saturated rings. The number of piperidine rings is 1. The Kier molecular flexibility index (Phi) is 6.81. The number of primary amides is 2. The maximum Gasteiger partial charge on any atom is 0.248 e. The second-order valence-corrected chi connectivity index (χ2v) is 7.36. The summed E-state index contributed by atoms with van der Waals surface area (Å²) in [5, 5.41) is 2.72. The Morgan fingerprint density at radius 1 is 0.903 bits per heavy atom. The number of nitrogens with one attached hydrogen (secondary N) is 1. The Balaban J connectivity index is 1.58. The van der Waals surface area contributed by atoms with Gasteiger partial charge in [0.1, 0.15) is 0 Å². The standard InChI is InChI=1S/C23H24N4O4/c24-21(29)17-12-18(22(25)30)14-19(13-17)26-23(31)16-8-10-27(11-9-16)20(28)7-6-15-4-2-1-3-5-15/h1-7,12-14,16H,8-11H2,(H2,24,29)(H2,25,30)(H,26,31). The van der Waals surface area contributed by atoms with Crippen LogP contribution in [0.2, 0.25) is 0 Å². The van der Waals surface area contributed by atoms with Gasteiger partial charge >= 0.3 is 0 Å². The number of likely N-dealkylation sites (tertiary alicyclic amines) is 1. The van der Waals surface area contributed by atoms with E-state index in [9.17, 15) is 19.2 Å². The molecule has 0 aromatic heterocycles. The molecule has 1 saturated heterocycles. The number of carbonyl (C=O) groups is 4. The molecule has 1 heterocycles. The van der Waals surface area contributed by atoms with E-state index >= 15 is 0 Å². The predicted octanol–water partition coefficient (Wildman–Crippen LogP) is 1.77. The van der Waals surface area contributed by atoms with Crippen molar-refractivity contribution in [2.75, 3.05) is 18.4 Å². The summed E-state index contributed by atoms with van der Waals surface area (Å²) in [7, 11) is 0. The van der Waals surface area contributed by atoms with Crippen LogP contribution < -0.4 is 16.8 Å². The molecule has 0 spiro atoms. The number of carbonyl (C=O) groups excluding carboxylic acids is 4. The summed E-state index contributed by atoms with van der Waals surface area (Å²) in [6.07, 6.45) is 4.32. The van der Waals surface area contributed by atoms with E-state index in [1.54, 1.807) is 11.0 Å².